The first kappa shape index (κ1) is 14.0. The van der Waals surface area contributed by atoms with Crippen LogP contribution in [0, 0.1) is 10.1 Å². The summed E-state index contributed by atoms with van der Waals surface area (Å²) in [5.41, 5.74) is 0.0596. The zero-order chi connectivity index (χ0) is 12.1. The minimum Gasteiger partial charge on any atom is -0.368 e. The molecule has 0 saturated carbocycles. The van der Waals surface area contributed by atoms with E-state index in [4.69, 9.17) is 30.8 Å². The number of nitrogens with zero attached hydrogens (tertiary/aromatic N) is 1. The molecule has 0 radical (unpaired) electrons. The van der Waals surface area contributed by atoms with Gasteiger partial charge in [-0.15, -0.1) is 0 Å². The quantitative estimate of drug-likeness (QED) is 0.308. The van der Waals surface area contributed by atoms with Gasteiger partial charge in [-0.1, -0.05) is 11.6 Å². The van der Waals surface area contributed by atoms with E-state index in [0.29, 0.717) is 5.02 Å². The lowest BCUT2D eigenvalue weighted by atomic mass is 10.3. The number of hydrogen-bond donors (Lipinski definition) is 4. The van der Waals surface area contributed by atoms with Gasteiger partial charge < -0.3 is 19.2 Å². The number of nitro benzene ring substituents is 1. The fourth-order valence-corrected chi connectivity index (χ4v) is 0.689. The first-order valence-corrected chi connectivity index (χ1v) is 5.66. The first-order chi connectivity index (χ1) is 6.70. The van der Waals surface area contributed by atoms with E-state index in [9.17, 15) is 10.1 Å². The SMILES string of the molecule is O=[N+]([O-])c1ccc(Cl)cc1.O[Si](O)(O)O. The predicted octanol–water partition coefficient (Wildman–Crippen LogP) is -0.361. The van der Waals surface area contributed by atoms with Gasteiger partial charge in [0, 0.05) is 17.2 Å². The van der Waals surface area contributed by atoms with E-state index in [0.717, 1.165) is 0 Å². The maximum absolute atomic E-state index is 10.1. The van der Waals surface area contributed by atoms with Crippen molar-refractivity contribution in [1.29, 1.82) is 0 Å². The minimum atomic E-state index is -4.61. The Bertz CT molecular complexity index is 317. The summed E-state index contributed by atoms with van der Waals surface area (Å²) in [5, 5.41) is 10.6. The first-order valence-electron chi connectivity index (χ1n) is 3.49. The molecule has 15 heavy (non-hydrogen) atoms. The van der Waals surface area contributed by atoms with Crippen LogP contribution in [0.25, 0.3) is 0 Å². The molecule has 0 bridgehead atoms. The standard InChI is InChI=1S/C6H4ClNO2.H4O4Si/c7-5-1-3-6(4-2-5)8(9)10;1-5(2,3)4/h1-4H;1-4H. The summed E-state index contributed by atoms with van der Waals surface area (Å²) in [4.78, 5) is 38.9. The second-order valence-corrected chi connectivity index (χ2v) is 3.97. The van der Waals surface area contributed by atoms with Crippen molar-refractivity contribution in [2.45, 2.75) is 0 Å². The van der Waals surface area contributed by atoms with E-state index in [-0.39, 0.29) is 5.69 Å². The van der Waals surface area contributed by atoms with Crippen molar-refractivity contribution in [1.82, 2.24) is 0 Å². The third-order valence-corrected chi connectivity index (χ3v) is 1.29. The summed E-state index contributed by atoms with van der Waals surface area (Å²) in [7, 11) is -4.61. The highest BCUT2D eigenvalue weighted by molar-refractivity contribution is 6.46. The molecule has 0 amide bonds. The number of halogens is 1. The normalized spacial score (nSPS) is 10.2. The molecule has 0 atom stereocenters. The average Bonchev–Trinajstić information content (AvgIpc) is 2.01. The summed E-state index contributed by atoms with van der Waals surface area (Å²) < 4.78 is 0. The third-order valence-electron chi connectivity index (χ3n) is 1.04. The second-order valence-electron chi connectivity index (χ2n) is 2.33. The van der Waals surface area contributed by atoms with Gasteiger partial charge in [0.25, 0.3) is 5.69 Å². The van der Waals surface area contributed by atoms with Crippen LogP contribution in [0.3, 0.4) is 0 Å². The van der Waals surface area contributed by atoms with E-state index in [1.54, 1.807) is 0 Å². The largest absolute Gasteiger partial charge is 0.668 e. The molecule has 9 heteroatoms. The molecular weight excluding hydrogens is 246 g/mol. The molecule has 84 valence electrons. The summed E-state index contributed by atoms with van der Waals surface area (Å²) in [6.07, 6.45) is 0. The summed E-state index contributed by atoms with van der Waals surface area (Å²) in [6, 6.07) is 5.70. The van der Waals surface area contributed by atoms with Crippen molar-refractivity contribution in [2.75, 3.05) is 0 Å². The molecule has 0 heterocycles. The van der Waals surface area contributed by atoms with Crippen molar-refractivity contribution in [3.8, 4) is 0 Å². The highest BCUT2D eigenvalue weighted by atomic mass is 35.5. The van der Waals surface area contributed by atoms with Crippen LogP contribution in [0.4, 0.5) is 5.69 Å². The van der Waals surface area contributed by atoms with E-state index < -0.39 is 14.0 Å². The number of nitro groups is 1. The highest BCUT2D eigenvalue weighted by Crippen LogP contribution is 2.14. The van der Waals surface area contributed by atoms with E-state index in [1.807, 2.05) is 0 Å². The lowest BCUT2D eigenvalue weighted by Crippen LogP contribution is -2.33. The van der Waals surface area contributed by atoms with Gasteiger partial charge in [-0.25, -0.2) is 0 Å². The molecule has 0 unspecified atom stereocenters. The predicted molar refractivity (Wildman–Crippen MR) is 52.7 cm³/mol. The molecule has 0 saturated heterocycles. The Morgan fingerprint density at radius 2 is 1.47 bits per heavy atom. The van der Waals surface area contributed by atoms with Crippen LogP contribution in [0.1, 0.15) is 0 Å². The monoisotopic (exact) mass is 253 g/mol. The van der Waals surface area contributed by atoms with Gasteiger partial charge in [0.05, 0.1) is 4.92 Å². The Morgan fingerprint density at radius 1 is 1.13 bits per heavy atom. The molecule has 1 aromatic carbocycles. The topological polar surface area (TPSA) is 124 Å². The van der Waals surface area contributed by atoms with Crippen LogP contribution in [0.15, 0.2) is 24.3 Å². The molecule has 1 rings (SSSR count). The third kappa shape index (κ3) is 9.28. The Hall–Kier alpha value is -1.03. The highest BCUT2D eigenvalue weighted by Gasteiger charge is 2.22. The Labute approximate surface area is 90.4 Å². The number of rotatable bonds is 1. The van der Waals surface area contributed by atoms with E-state index in [2.05, 4.69) is 0 Å². The molecule has 7 nitrogen and oxygen atoms in total. The van der Waals surface area contributed by atoms with Crippen LogP contribution in [0.2, 0.25) is 5.02 Å². The number of hydrogen-bond acceptors (Lipinski definition) is 6. The zero-order valence-corrected chi connectivity index (χ0v) is 9.00. The molecule has 0 spiro atoms. The van der Waals surface area contributed by atoms with Gasteiger partial charge in [0.2, 0.25) is 0 Å². The molecule has 0 aliphatic carbocycles. The second kappa shape index (κ2) is 5.75. The van der Waals surface area contributed by atoms with Gasteiger partial charge in [-0.05, 0) is 12.1 Å². The smallest absolute Gasteiger partial charge is 0.368 e. The maximum Gasteiger partial charge on any atom is 0.668 e. The van der Waals surface area contributed by atoms with E-state index in [1.165, 1.54) is 24.3 Å². The lowest BCUT2D eigenvalue weighted by Gasteiger charge is -1.91. The fourth-order valence-electron chi connectivity index (χ4n) is 0.563. The van der Waals surface area contributed by atoms with Gasteiger partial charge in [-0.3, -0.25) is 10.1 Å². The maximum atomic E-state index is 10.1. The zero-order valence-electron chi connectivity index (χ0n) is 7.24. The van der Waals surface area contributed by atoms with Gasteiger partial charge >= 0.3 is 9.05 Å². The summed E-state index contributed by atoms with van der Waals surface area (Å²) in [5.74, 6) is 0. The van der Waals surface area contributed by atoms with Crippen LogP contribution >= 0.6 is 11.6 Å². The Kier molecular flexibility index (Phi) is 5.36. The fraction of sp³-hybridized carbons (Fsp3) is 0. The molecule has 0 aliphatic rings. The summed E-state index contributed by atoms with van der Waals surface area (Å²) in [6.45, 7) is 0. The lowest BCUT2D eigenvalue weighted by molar-refractivity contribution is -0.384. The molecule has 1 aromatic rings. The van der Waals surface area contributed by atoms with Gasteiger partial charge in [-0.2, -0.15) is 0 Å². The molecule has 0 aliphatic heterocycles. The van der Waals surface area contributed by atoms with Gasteiger partial charge in [0.15, 0.2) is 0 Å². The van der Waals surface area contributed by atoms with Crippen LogP contribution in [-0.2, 0) is 0 Å². The Balaban J connectivity index is 0.000000336. The summed E-state index contributed by atoms with van der Waals surface area (Å²) >= 11 is 5.49. The van der Waals surface area contributed by atoms with Crippen molar-refractivity contribution in [3.63, 3.8) is 0 Å². The molecule has 0 aromatic heterocycles. The van der Waals surface area contributed by atoms with Crippen LogP contribution in [-0.4, -0.2) is 33.2 Å². The average molecular weight is 254 g/mol. The molecule has 0 fully saturated rings. The van der Waals surface area contributed by atoms with Crippen molar-refractivity contribution in [2.24, 2.45) is 0 Å². The van der Waals surface area contributed by atoms with Crippen molar-refractivity contribution < 1.29 is 24.1 Å². The van der Waals surface area contributed by atoms with Crippen molar-refractivity contribution in [3.05, 3.63) is 39.4 Å². The molecular formula is C6H8ClNO6Si. The van der Waals surface area contributed by atoms with Crippen molar-refractivity contribution >= 4 is 26.3 Å². The molecule has 4 N–H and O–H groups in total. The number of non-ortho nitro benzene ring substituents is 1. The minimum absolute atomic E-state index is 0.0596. The number of benzene rings is 1. The van der Waals surface area contributed by atoms with Crippen LogP contribution < -0.4 is 0 Å². The van der Waals surface area contributed by atoms with E-state index >= 15 is 0 Å². The van der Waals surface area contributed by atoms with Gasteiger partial charge in [0.1, 0.15) is 0 Å². The Morgan fingerprint density at radius 3 is 1.73 bits per heavy atom. The van der Waals surface area contributed by atoms with Crippen LogP contribution in [0.5, 0.6) is 0 Å².